The standard InChI is InChI=1S/C26H30F4N6O4/c1-35-18(7-10-32-35)22(37)34-21(15-5-8-25(27,28)9-6-15)23-33-17-11-16(3-4-20(17)40-23)19(12-39-2)36-14-26(29,30)13-31-24(36)38/h3-4,7,10-11,15,19,21H,5-6,8-9,12-14H2,1-2H3,(H,31,38)(H,34,37)/t19-,21+/m1/s1. The summed E-state index contributed by atoms with van der Waals surface area (Å²) in [5.41, 5.74) is 1.49. The van der Waals surface area contributed by atoms with Crippen LogP contribution in [0.5, 0.6) is 0 Å². The van der Waals surface area contributed by atoms with Crippen LogP contribution in [0.1, 0.15) is 59.7 Å². The van der Waals surface area contributed by atoms with Crippen molar-refractivity contribution in [2.45, 2.75) is 49.6 Å². The van der Waals surface area contributed by atoms with Gasteiger partial charge < -0.3 is 24.7 Å². The third-order valence-electron chi connectivity index (χ3n) is 7.51. The fourth-order valence-electron chi connectivity index (χ4n) is 5.35. The molecule has 10 nitrogen and oxygen atoms in total. The highest BCUT2D eigenvalue weighted by atomic mass is 19.3. The number of rotatable bonds is 8. The van der Waals surface area contributed by atoms with Crippen molar-refractivity contribution in [1.29, 1.82) is 0 Å². The van der Waals surface area contributed by atoms with E-state index in [2.05, 4.69) is 20.7 Å². The number of benzene rings is 1. The molecule has 40 heavy (non-hydrogen) atoms. The number of aromatic nitrogens is 3. The van der Waals surface area contributed by atoms with Crippen LogP contribution in [0.25, 0.3) is 11.1 Å². The number of carbonyl (C=O) groups excluding carboxylic acids is 2. The summed E-state index contributed by atoms with van der Waals surface area (Å²) in [5, 5.41) is 9.11. The molecular weight excluding hydrogens is 536 g/mol. The van der Waals surface area contributed by atoms with E-state index in [1.807, 2.05) is 0 Å². The topological polar surface area (TPSA) is 115 Å². The Morgan fingerprint density at radius 1 is 1.23 bits per heavy atom. The number of carbonyl (C=O) groups is 2. The Balaban J connectivity index is 1.46. The quantitative estimate of drug-likeness (QED) is 0.395. The molecule has 2 N–H and O–H groups in total. The van der Waals surface area contributed by atoms with Crippen molar-refractivity contribution in [2.75, 3.05) is 26.8 Å². The maximum Gasteiger partial charge on any atom is 0.318 e. The summed E-state index contributed by atoms with van der Waals surface area (Å²) in [5.74, 6) is -6.55. The molecular formula is C26H30F4N6O4. The minimum Gasteiger partial charge on any atom is -0.438 e. The van der Waals surface area contributed by atoms with Gasteiger partial charge in [-0.25, -0.2) is 27.3 Å². The minimum atomic E-state index is -3.11. The Bertz CT molecular complexity index is 1380. The van der Waals surface area contributed by atoms with Gasteiger partial charge in [0.15, 0.2) is 5.58 Å². The van der Waals surface area contributed by atoms with Crippen molar-refractivity contribution in [3.8, 4) is 0 Å². The van der Waals surface area contributed by atoms with Crippen LogP contribution in [-0.2, 0) is 11.8 Å². The van der Waals surface area contributed by atoms with Crippen molar-refractivity contribution in [2.24, 2.45) is 13.0 Å². The van der Waals surface area contributed by atoms with Crippen LogP contribution in [0.4, 0.5) is 22.4 Å². The Morgan fingerprint density at radius 2 is 1.98 bits per heavy atom. The van der Waals surface area contributed by atoms with Crippen LogP contribution in [0.15, 0.2) is 34.9 Å². The smallest absolute Gasteiger partial charge is 0.318 e. The lowest BCUT2D eigenvalue weighted by molar-refractivity contribution is -0.0510. The molecule has 2 aliphatic rings. The molecule has 0 unspecified atom stereocenters. The van der Waals surface area contributed by atoms with Gasteiger partial charge in [-0.1, -0.05) is 6.07 Å². The van der Waals surface area contributed by atoms with Gasteiger partial charge in [-0.15, -0.1) is 0 Å². The summed E-state index contributed by atoms with van der Waals surface area (Å²) in [6.07, 6.45) is 1.15. The third kappa shape index (κ3) is 5.76. The van der Waals surface area contributed by atoms with Crippen LogP contribution in [0.3, 0.4) is 0 Å². The average molecular weight is 567 g/mol. The first-order chi connectivity index (χ1) is 19.0. The van der Waals surface area contributed by atoms with E-state index < -0.39 is 49.0 Å². The zero-order chi connectivity index (χ0) is 28.7. The van der Waals surface area contributed by atoms with Crippen LogP contribution in [0, 0.1) is 5.92 Å². The Kier molecular flexibility index (Phi) is 7.46. The first kappa shape index (κ1) is 27.9. The van der Waals surface area contributed by atoms with E-state index in [0.717, 1.165) is 4.90 Å². The first-order valence-electron chi connectivity index (χ1n) is 12.9. The Labute approximate surface area is 227 Å². The maximum atomic E-state index is 14.1. The molecule has 0 radical (unpaired) electrons. The Morgan fingerprint density at radius 3 is 2.65 bits per heavy atom. The van der Waals surface area contributed by atoms with Gasteiger partial charge in [-0.3, -0.25) is 9.48 Å². The zero-order valence-corrected chi connectivity index (χ0v) is 22.0. The number of hydrogen-bond donors (Lipinski definition) is 2. The first-order valence-corrected chi connectivity index (χ1v) is 12.9. The summed E-state index contributed by atoms with van der Waals surface area (Å²) < 4.78 is 68.8. The Hall–Kier alpha value is -3.68. The second kappa shape index (κ2) is 10.7. The molecule has 1 saturated carbocycles. The lowest BCUT2D eigenvalue weighted by atomic mass is 9.82. The predicted octanol–water partition coefficient (Wildman–Crippen LogP) is 4.21. The molecule has 2 fully saturated rings. The van der Waals surface area contributed by atoms with Gasteiger partial charge in [0, 0.05) is 33.2 Å². The molecule has 3 aromatic rings. The highest BCUT2D eigenvalue weighted by molar-refractivity contribution is 5.92. The van der Waals surface area contributed by atoms with Crippen molar-refractivity contribution in [3.05, 3.63) is 47.6 Å². The lowest BCUT2D eigenvalue weighted by Gasteiger charge is -2.38. The van der Waals surface area contributed by atoms with Gasteiger partial charge in [0.25, 0.3) is 11.8 Å². The van der Waals surface area contributed by atoms with E-state index in [-0.39, 0.29) is 49.8 Å². The fourth-order valence-corrected chi connectivity index (χ4v) is 5.35. The number of alkyl halides is 4. The van der Waals surface area contributed by atoms with Crippen LogP contribution >= 0.6 is 0 Å². The van der Waals surface area contributed by atoms with Gasteiger partial charge in [-0.2, -0.15) is 5.10 Å². The number of methoxy groups -OCH3 is 1. The van der Waals surface area contributed by atoms with Crippen molar-refractivity contribution < 1.29 is 36.3 Å². The van der Waals surface area contributed by atoms with E-state index in [1.165, 1.54) is 24.1 Å². The van der Waals surface area contributed by atoms with E-state index in [9.17, 15) is 27.2 Å². The highest BCUT2D eigenvalue weighted by Crippen LogP contribution is 2.42. The number of amides is 3. The SMILES string of the molecule is COC[C@H](c1ccc2oc([C@@H](NC(=O)c3ccnn3C)C3CCC(F)(F)CC3)nc2c1)N1CC(F)(F)CNC1=O. The minimum absolute atomic E-state index is 0.0423. The number of urea groups is 1. The monoisotopic (exact) mass is 566 g/mol. The van der Waals surface area contributed by atoms with Gasteiger partial charge in [0.05, 0.1) is 25.7 Å². The molecule has 2 aromatic heterocycles. The van der Waals surface area contributed by atoms with Gasteiger partial charge >= 0.3 is 6.03 Å². The number of halogens is 4. The molecule has 216 valence electrons. The average Bonchev–Trinajstić information content (AvgIpc) is 3.53. The number of ether oxygens (including phenoxy) is 1. The fraction of sp³-hybridized carbons (Fsp3) is 0.538. The molecule has 1 aromatic carbocycles. The van der Waals surface area contributed by atoms with Crippen LogP contribution < -0.4 is 10.6 Å². The summed E-state index contributed by atoms with van der Waals surface area (Å²) in [4.78, 5) is 31.1. The highest BCUT2D eigenvalue weighted by Gasteiger charge is 2.43. The van der Waals surface area contributed by atoms with Crippen LogP contribution in [0.2, 0.25) is 0 Å². The third-order valence-corrected chi connectivity index (χ3v) is 7.51. The predicted molar refractivity (Wildman–Crippen MR) is 134 cm³/mol. The summed E-state index contributed by atoms with van der Waals surface area (Å²) in [6, 6.07) is 4.11. The maximum absolute atomic E-state index is 14.1. The molecule has 0 bridgehead atoms. The number of nitrogens with zero attached hydrogens (tertiary/aromatic N) is 4. The van der Waals surface area contributed by atoms with Gasteiger partial charge in [0.2, 0.25) is 11.8 Å². The van der Waals surface area contributed by atoms with Crippen LogP contribution in [-0.4, -0.2) is 70.3 Å². The molecule has 3 heterocycles. The second-order valence-corrected chi connectivity index (χ2v) is 10.4. The lowest BCUT2D eigenvalue weighted by Crippen LogP contribution is -2.58. The van der Waals surface area contributed by atoms with E-state index in [1.54, 1.807) is 25.2 Å². The largest absolute Gasteiger partial charge is 0.438 e. The van der Waals surface area contributed by atoms with Crippen molar-refractivity contribution in [3.63, 3.8) is 0 Å². The molecule has 3 amide bonds. The molecule has 5 rings (SSSR count). The van der Waals surface area contributed by atoms with E-state index in [4.69, 9.17) is 9.15 Å². The number of aryl methyl sites for hydroxylation is 1. The number of nitrogens with one attached hydrogen (secondary N) is 2. The second-order valence-electron chi connectivity index (χ2n) is 10.4. The number of hydrogen-bond acceptors (Lipinski definition) is 6. The van der Waals surface area contributed by atoms with E-state index >= 15 is 0 Å². The normalized spacial score (nSPS) is 20.8. The van der Waals surface area contributed by atoms with Crippen molar-refractivity contribution >= 4 is 23.0 Å². The summed E-state index contributed by atoms with van der Waals surface area (Å²) in [7, 11) is 3.02. The number of fused-ring (bicyclic) bond motifs is 1. The van der Waals surface area contributed by atoms with Gasteiger partial charge in [-0.05, 0) is 42.5 Å². The van der Waals surface area contributed by atoms with E-state index in [0.29, 0.717) is 16.7 Å². The molecule has 0 spiro atoms. The summed E-state index contributed by atoms with van der Waals surface area (Å²) >= 11 is 0. The molecule has 2 atom stereocenters. The molecule has 1 saturated heterocycles. The van der Waals surface area contributed by atoms with Crippen molar-refractivity contribution in [1.82, 2.24) is 30.3 Å². The zero-order valence-electron chi connectivity index (χ0n) is 22.0. The van der Waals surface area contributed by atoms with Gasteiger partial charge in [0.1, 0.15) is 17.3 Å². The molecule has 1 aliphatic carbocycles. The molecule has 14 heteroatoms. The summed E-state index contributed by atoms with van der Waals surface area (Å²) in [6.45, 7) is -1.56. The molecule has 1 aliphatic heterocycles. The number of oxazole rings is 1.